The zero-order valence-corrected chi connectivity index (χ0v) is 13.4. The highest BCUT2D eigenvalue weighted by atomic mass is 16.5. The van der Waals surface area contributed by atoms with Crippen LogP contribution in [-0.2, 0) is 6.54 Å². The second kappa shape index (κ2) is 8.17. The van der Waals surface area contributed by atoms with E-state index in [4.69, 9.17) is 4.74 Å². The number of aromatic nitrogens is 2. The molecule has 1 rings (SSSR count). The summed E-state index contributed by atoms with van der Waals surface area (Å²) >= 11 is 0. The number of hydrogen-bond donors (Lipinski definition) is 1. The molecule has 0 radical (unpaired) electrons. The molecule has 1 N–H and O–H groups in total. The maximum Gasteiger partial charge on any atom is 0.232 e. The Morgan fingerprint density at radius 1 is 1.20 bits per heavy atom. The van der Waals surface area contributed by atoms with Crippen LogP contribution in [-0.4, -0.2) is 46.6 Å². The third kappa shape index (κ3) is 6.82. The molecule has 0 spiro atoms. The first-order chi connectivity index (χ1) is 9.44. The highest BCUT2D eigenvalue weighted by Crippen LogP contribution is 2.07. The van der Waals surface area contributed by atoms with Crippen LogP contribution < -0.4 is 10.1 Å². The van der Waals surface area contributed by atoms with E-state index in [-0.39, 0.29) is 5.54 Å². The van der Waals surface area contributed by atoms with E-state index in [1.54, 1.807) is 12.4 Å². The average Bonchev–Trinajstić information content (AvgIpc) is 2.41. The molecule has 1 heterocycles. The van der Waals surface area contributed by atoms with Gasteiger partial charge in [0.05, 0.1) is 11.9 Å². The zero-order valence-electron chi connectivity index (χ0n) is 13.4. The second-order valence-electron chi connectivity index (χ2n) is 5.83. The summed E-state index contributed by atoms with van der Waals surface area (Å²) < 4.78 is 5.67. The molecule has 114 valence electrons. The largest absolute Gasteiger partial charge is 0.475 e. The number of nitrogens with one attached hydrogen (secondary N) is 1. The van der Waals surface area contributed by atoms with Crippen LogP contribution in [0.15, 0.2) is 12.4 Å². The second-order valence-corrected chi connectivity index (χ2v) is 5.83. The van der Waals surface area contributed by atoms with Crippen LogP contribution in [0, 0.1) is 0 Å². The van der Waals surface area contributed by atoms with Crippen molar-refractivity contribution in [3.8, 4) is 5.88 Å². The van der Waals surface area contributed by atoms with Crippen LogP contribution in [0.25, 0.3) is 0 Å². The quantitative estimate of drug-likeness (QED) is 0.790. The minimum Gasteiger partial charge on any atom is -0.475 e. The molecule has 0 fully saturated rings. The highest BCUT2D eigenvalue weighted by molar-refractivity contribution is 5.08. The molecule has 1 aromatic rings. The summed E-state index contributed by atoms with van der Waals surface area (Å²) in [5, 5.41) is 3.39. The average molecular weight is 280 g/mol. The standard InChI is InChI=1S/C15H28N4O/c1-6-19(7-2)8-9-20-14-12-16-10-13(18-14)11-17-15(3,4)5/h10,12,17H,6-9,11H2,1-5H3. The van der Waals surface area contributed by atoms with Gasteiger partial charge in [0.2, 0.25) is 5.88 Å². The van der Waals surface area contributed by atoms with Gasteiger partial charge in [0, 0.05) is 24.8 Å². The Hall–Kier alpha value is -1.20. The summed E-state index contributed by atoms with van der Waals surface area (Å²) in [5.74, 6) is 0.602. The van der Waals surface area contributed by atoms with Crippen molar-refractivity contribution in [3.05, 3.63) is 18.1 Å². The van der Waals surface area contributed by atoms with Crippen LogP contribution in [0.3, 0.4) is 0 Å². The first-order valence-electron chi connectivity index (χ1n) is 7.35. The predicted octanol–water partition coefficient (Wildman–Crippen LogP) is 2.09. The fourth-order valence-electron chi connectivity index (χ4n) is 1.72. The Balaban J connectivity index is 2.43. The fourth-order valence-corrected chi connectivity index (χ4v) is 1.72. The van der Waals surface area contributed by atoms with Gasteiger partial charge in [0.1, 0.15) is 6.61 Å². The van der Waals surface area contributed by atoms with Gasteiger partial charge in [-0.1, -0.05) is 13.8 Å². The normalized spacial score (nSPS) is 11.9. The molecule has 0 saturated heterocycles. The molecule has 0 atom stereocenters. The first kappa shape index (κ1) is 16.9. The first-order valence-corrected chi connectivity index (χ1v) is 7.35. The highest BCUT2D eigenvalue weighted by Gasteiger charge is 2.09. The van der Waals surface area contributed by atoms with Gasteiger partial charge >= 0.3 is 0 Å². The van der Waals surface area contributed by atoms with Crippen LogP contribution in [0.1, 0.15) is 40.3 Å². The van der Waals surface area contributed by atoms with Crippen molar-refractivity contribution in [2.75, 3.05) is 26.2 Å². The summed E-state index contributed by atoms with van der Waals surface area (Å²) in [6, 6.07) is 0. The molecule has 0 aliphatic heterocycles. The molecular weight excluding hydrogens is 252 g/mol. The smallest absolute Gasteiger partial charge is 0.232 e. The van der Waals surface area contributed by atoms with Crippen LogP contribution in [0.4, 0.5) is 0 Å². The molecule has 0 aliphatic rings. The van der Waals surface area contributed by atoms with Gasteiger partial charge < -0.3 is 15.0 Å². The lowest BCUT2D eigenvalue weighted by molar-refractivity contribution is 0.217. The van der Waals surface area contributed by atoms with Crippen LogP contribution >= 0.6 is 0 Å². The molecule has 5 heteroatoms. The maximum atomic E-state index is 5.67. The van der Waals surface area contributed by atoms with Crippen LogP contribution in [0.5, 0.6) is 5.88 Å². The van der Waals surface area contributed by atoms with E-state index in [1.807, 2.05) is 0 Å². The number of rotatable bonds is 8. The molecular formula is C15H28N4O. The number of likely N-dealkylation sites (N-methyl/N-ethyl adjacent to an activating group) is 1. The van der Waals surface area contributed by atoms with Gasteiger partial charge in [0.15, 0.2) is 0 Å². The van der Waals surface area contributed by atoms with Crippen molar-refractivity contribution in [1.29, 1.82) is 0 Å². The van der Waals surface area contributed by atoms with Gasteiger partial charge in [0.25, 0.3) is 0 Å². The Morgan fingerprint density at radius 2 is 1.90 bits per heavy atom. The van der Waals surface area contributed by atoms with E-state index in [0.29, 0.717) is 19.0 Å². The fraction of sp³-hybridized carbons (Fsp3) is 0.733. The third-order valence-corrected chi connectivity index (χ3v) is 3.01. The molecule has 5 nitrogen and oxygen atoms in total. The van der Waals surface area contributed by atoms with Crippen LogP contribution in [0.2, 0.25) is 0 Å². The predicted molar refractivity (Wildman–Crippen MR) is 81.9 cm³/mol. The Kier molecular flexibility index (Phi) is 6.88. The van der Waals surface area contributed by atoms with Crippen molar-refractivity contribution >= 4 is 0 Å². The summed E-state index contributed by atoms with van der Waals surface area (Å²) in [4.78, 5) is 11.0. The van der Waals surface area contributed by atoms with E-state index < -0.39 is 0 Å². The molecule has 1 aromatic heterocycles. The molecule has 0 amide bonds. The molecule has 0 bridgehead atoms. The minimum atomic E-state index is 0.0707. The van der Waals surface area contributed by atoms with E-state index in [2.05, 4.69) is 54.8 Å². The Labute approximate surface area is 122 Å². The Morgan fingerprint density at radius 3 is 2.50 bits per heavy atom. The summed E-state index contributed by atoms with van der Waals surface area (Å²) in [6.07, 6.45) is 3.44. The molecule has 0 aliphatic carbocycles. The third-order valence-electron chi connectivity index (χ3n) is 3.01. The van der Waals surface area contributed by atoms with Gasteiger partial charge in [-0.05, 0) is 33.9 Å². The lowest BCUT2D eigenvalue weighted by Gasteiger charge is -2.20. The lowest BCUT2D eigenvalue weighted by atomic mass is 10.1. The summed E-state index contributed by atoms with van der Waals surface area (Å²) in [6.45, 7) is 15.0. The minimum absolute atomic E-state index is 0.0707. The van der Waals surface area contributed by atoms with Gasteiger partial charge in [-0.15, -0.1) is 0 Å². The Bertz CT molecular complexity index is 386. The van der Waals surface area contributed by atoms with E-state index in [0.717, 1.165) is 25.3 Å². The van der Waals surface area contributed by atoms with Gasteiger partial charge in [-0.3, -0.25) is 4.98 Å². The van der Waals surface area contributed by atoms with Gasteiger partial charge in [-0.25, -0.2) is 4.98 Å². The number of hydrogen-bond acceptors (Lipinski definition) is 5. The maximum absolute atomic E-state index is 5.67. The molecule has 20 heavy (non-hydrogen) atoms. The molecule has 0 aromatic carbocycles. The van der Waals surface area contributed by atoms with Crippen molar-refractivity contribution < 1.29 is 4.74 Å². The van der Waals surface area contributed by atoms with Crippen molar-refractivity contribution in [2.24, 2.45) is 0 Å². The van der Waals surface area contributed by atoms with Crippen molar-refractivity contribution in [1.82, 2.24) is 20.2 Å². The number of ether oxygens (including phenoxy) is 1. The van der Waals surface area contributed by atoms with E-state index in [1.165, 1.54) is 0 Å². The van der Waals surface area contributed by atoms with Crippen molar-refractivity contribution in [3.63, 3.8) is 0 Å². The zero-order chi connectivity index (χ0) is 15.0. The molecule has 0 unspecified atom stereocenters. The van der Waals surface area contributed by atoms with E-state index >= 15 is 0 Å². The number of nitrogens with zero attached hydrogens (tertiary/aromatic N) is 3. The lowest BCUT2D eigenvalue weighted by Crippen LogP contribution is -2.35. The monoisotopic (exact) mass is 280 g/mol. The van der Waals surface area contributed by atoms with E-state index in [9.17, 15) is 0 Å². The summed E-state index contributed by atoms with van der Waals surface area (Å²) in [5.41, 5.74) is 0.974. The molecule has 0 saturated carbocycles. The SMILES string of the molecule is CCN(CC)CCOc1cncc(CNC(C)(C)C)n1. The summed E-state index contributed by atoms with van der Waals surface area (Å²) in [7, 11) is 0. The van der Waals surface area contributed by atoms with Crippen molar-refractivity contribution in [2.45, 2.75) is 46.7 Å². The van der Waals surface area contributed by atoms with Gasteiger partial charge in [-0.2, -0.15) is 0 Å². The topological polar surface area (TPSA) is 50.3 Å².